The molecule has 142 valence electrons. The SMILES string of the molecule is CCOC(=O)Cc1cccc(C(S)c2nc(-c3cccs3)c(C#N)c(=O)[nH]2)c1. The molecule has 2 aromatic heterocycles. The Kier molecular flexibility index (Phi) is 6.29. The summed E-state index contributed by atoms with van der Waals surface area (Å²) in [7, 11) is 0. The largest absolute Gasteiger partial charge is 0.466 e. The Labute approximate surface area is 171 Å². The van der Waals surface area contributed by atoms with Gasteiger partial charge >= 0.3 is 5.97 Å². The second kappa shape index (κ2) is 8.87. The van der Waals surface area contributed by atoms with E-state index in [1.807, 2.05) is 47.8 Å². The van der Waals surface area contributed by atoms with Crippen LogP contribution in [0.1, 0.15) is 34.7 Å². The van der Waals surface area contributed by atoms with Crippen molar-refractivity contribution in [3.8, 4) is 16.6 Å². The molecule has 3 aromatic rings. The zero-order valence-electron chi connectivity index (χ0n) is 15.0. The molecule has 2 heterocycles. The van der Waals surface area contributed by atoms with Crippen LogP contribution in [0.3, 0.4) is 0 Å². The highest BCUT2D eigenvalue weighted by atomic mass is 32.1. The average molecular weight is 412 g/mol. The lowest BCUT2D eigenvalue weighted by Crippen LogP contribution is -2.18. The fourth-order valence-electron chi connectivity index (χ4n) is 2.73. The molecule has 1 aromatic carbocycles. The summed E-state index contributed by atoms with van der Waals surface area (Å²) in [6.45, 7) is 2.09. The maximum atomic E-state index is 12.4. The summed E-state index contributed by atoms with van der Waals surface area (Å²) in [6, 6.07) is 12.9. The lowest BCUT2D eigenvalue weighted by Gasteiger charge is -2.13. The molecule has 0 saturated heterocycles. The molecular formula is C20H17N3O3S2. The molecule has 28 heavy (non-hydrogen) atoms. The standard InChI is InChI=1S/C20H17N3O3S2/c1-2-26-16(24)10-12-5-3-6-13(9-12)18(27)19-22-17(15-7-4-8-28-15)14(11-21)20(25)23-19/h3-9,18,27H,2,10H2,1H3,(H,22,23,25). The Bertz CT molecular complexity index is 1080. The lowest BCUT2D eigenvalue weighted by molar-refractivity contribution is -0.142. The van der Waals surface area contributed by atoms with Crippen LogP contribution in [0.2, 0.25) is 0 Å². The summed E-state index contributed by atoms with van der Waals surface area (Å²) >= 11 is 6.02. The van der Waals surface area contributed by atoms with E-state index in [1.54, 1.807) is 6.92 Å². The predicted molar refractivity (Wildman–Crippen MR) is 110 cm³/mol. The number of H-pyrrole nitrogens is 1. The van der Waals surface area contributed by atoms with Crippen molar-refractivity contribution < 1.29 is 9.53 Å². The Balaban J connectivity index is 1.97. The Morgan fingerprint density at radius 2 is 2.21 bits per heavy atom. The molecule has 0 spiro atoms. The van der Waals surface area contributed by atoms with Crippen molar-refractivity contribution in [2.24, 2.45) is 0 Å². The number of carbonyl (C=O) groups excluding carboxylic acids is 1. The van der Waals surface area contributed by atoms with E-state index >= 15 is 0 Å². The van der Waals surface area contributed by atoms with E-state index in [0.29, 0.717) is 18.1 Å². The van der Waals surface area contributed by atoms with Crippen LogP contribution < -0.4 is 5.56 Å². The number of hydrogen-bond donors (Lipinski definition) is 2. The number of esters is 1. The minimum Gasteiger partial charge on any atom is -0.466 e. The van der Waals surface area contributed by atoms with E-state index in [1.165, 1.54) is 11.3 Å². The second-order valence-electron chi connectivity index (χ2n) is 5.89. The Morgan fingerprint density at radius 1 is 1.39 bits per heavy atom. The van der Waals surface area contributed by atoms with Crippen LogP contribution >= 0.6 is 24.0 Å². The molecule has 8 heteroatoms. The number of nitrogens with zero attached hydrogens (tertiary/aromatic N) is 2. The first-order valence-electron chi connectivity index (χ1n) is 8.54. The molecule has 0 aliphatic heterocycles. The maximum Gasteiger partial charge on any atom is 0.310 e. The van der Waals surface area contributed by atoms with Gasteiger partial charge in [0.05, 0.1) is 23.2 Å². The minimum absolute atomic E-state index is 0.0252. The highest BCUT2D eigenvalue weighted by molar-refractivity contribution is 7.80. The third-order valence-electron chi connectivity index (χ3n) is 3.98. The summed E-state index contributed by atoms with van der Waals surface area (Å²) in [5.41, 5.74) is 1.37. The fraction of sp³-hybridized carbons (Fsp3) is 0.200. The van der Waals surface area contributed by atoms with Gasteiger partial charge in [0.1, 0.15) is 23.2 Å². The van der Waals surface area contributed by atoms with Crippen LogP contribution in [0.25, 0.3) is 10.6 Å². The van der Waals surface area contributed by atoms with E-state index in [-0.39, 0.29) is 18.0 Å². The molecular weight excluding hydrogens is 394 g/mol. The first-order valence-corrected chi connectivity index (χ1v) is 9.93. The topological polar surface area (TPSA) is 95.8 Å². The fourth-order valence-corrected chi connectivity index (χ4v) is 3.73. The van der Waals surface area contributed by atoms with Crippen molar-refractivity contribution in [1.29, 1.82) is 5.26 Å². The van der Waals surface area contributed by atoms with E-state index < -0.39 is 10.8 Å². The minimum atomic E-state index is -0.527. The average Bonchev–Trinajstić information content (AvgIpc) is 3.21. The number of aromatic amines is 1. The molecule has 0 saturated carbocycles. The zero-order valence-corrected chi connectivity index (χ0v) is 16.7. The Morgan fingerprint density at radius 3 is 2.89 bits per heavy atom. The van der Waals surface area contributed by atoms with Crippen LogP contribution in [-0.4, -0.2) is 22.5 Å². The zero-order chi connectivity index (χ0) is 20.1. The van der Waals surface area contributed by atoms with Crippen LogP contribution in [0.5, 0.6) is 0 Å². The van der Waals surface area contributed by atoms with E-state index in [0.717, 1.165) is 16.0 Å². The number of nitrogens with one attached hydrogen (secondary N) is 1. The van der Waals surface area contributed by atoms with Gasteiger partial charge < -0.3 is 9.72 Å². The molecule has 0 bridgehead atoms. The molecule has 1 N–H and O–H groups in total. The molecule has 0 amide bonds. The summed E-state index contributed by atoms with van der Waals surface area (Å²) in [4.78, 5) is 32.0. The smallest absolute Gasteiger partial charge is 0.310 e. The number of hydrogen-bond acceptors (Lipinski definition) is 7. The first-order chi connectivity index (χ1) is 13.5. The molecule has 0 aliphatic carbocycles. The molecule has 1 unspecified atom stereocenters. The van der Waals surface area contributed by atoms with Gasteiger partial charge in [0, 0.05) is 0 Å². The Hall–Kier alpha value is -2.89. The molecule has 0 aliphatic rings. The number of nitriles is 1. The van der Waals surface area contributed by atoms with Crippen molar-refractivity contribution in [1.82, 2.24) is 9.97 Å². The number of aromatic nitrogens is 2. The molecule has 3 rings (SSSR count). The van der Waals surface area contributed by atoms with Gasteiger partial charge in [-0.1, -0.05) is 30.3 Å². The quantitative estimate of drug-likeness (QED) is 0.478. The summed E-state index contributed by atoms with van der Waals surface area (Å²) in [5, 5.41) is 10.7. The summed E-state index contributed by atoms with van der Waals surface area (Å²) < 4.78 is 4.98. The highest BCUT2D eigenvalue weighted by Gasteiger charge is 2.19. The van der Waals surface area contributed by atoms with Crippen molar-refractivity contribution in [3.63, 3.8) is 0 Å². The van der Waals surface area contributed by atoms with Crippen molar-refractivity contribution in [2.75, 3.05) is 6.61 Å². The number of ether oxygens (including phenoxy) is 1. The van der Waals surface area contributed by atoms with Crippen molar-refractivity contribution in [3.05, 3.63) is 74.6 Å². The monoisotopic (exact) mass is 411 g/mol. The lowest BCUT2D eigenvalue weighted by atomic mass is 10.0. The van der Waals surface area contributed by atoms with Crippen molar-refractivity contribution in [2.45, 2.75) is 18.6 Å². The van der Waals surface area contributed by atoms with E-state index in [4.69, 9.17) is 4.74 Å². The molecule has 0 radical (unpaired) electrons. The summed E-state index contributed by atoms with van der Waals surface area (Å²) in [5.74, 6) is 0.0317. The normalized spacial score (nSPS) is 11.6. The van der Waals surface area contributed by atoms with Crippen LogP contribution in [-0.2, 0) is 16.0 Å². The van der Waals surface area contributed by atoms with Crippen LogP contribution in [0.4, 0.5) is 0 Å². The van der Waals surface area contributed by atoms with Gasteiger partial charge in [0.15, 0.2) is 0 Å². The number of carbonyl (C=O) groups is 1. The van der Waals surface area contributed by atoms with Crippen LogP contribution in [0, 0.1) is 11.3 Å². The van der Waals surface area contributed by atoms with Gasteiger partial charge in [0.25, 0.3) is 5.56 Å². The molecule has 6 nitrogen and oxygen atoms in total. The molecule has 0 fully saturated rings. The predicted octanol–water partition coefficient (Wildman–Crippen LogP) is 3.49. The maximum absolute atomic E-state index is 12.4. The van der Waals surface area contributed by atoms with Gasteiger partial charge in [-0.2, -0.15) is 17.9 Å². The first kappa shape index (κ1) is 19.9. The number of thiol groups is 1. The van der Waals surface area contributed by atoms with Gasteiger partial charge in [-0.05, 0) is 29.5 Å². The number of thiophene rings is 1. The molecule has 1 atom stereocenters. The van der Waals surface area contributed by atoms with Gasteiger partial charge in [-0.25, -0.2) is 4.98 Å². The third-order valence-corrected chi connectivity index (χ3v) is 5.40. The third kappa shape index (κ3) is 4.32. The number of benzene rings is 1. The highest BCUT2D eigenvalue weighted by Crippen LogP contribution is 2.29. The van der Waals surface area contributed by atoms with Gasteiger partial charge in [-0.3, -0.25) is 9.59 Å². The van der Waals surface area contributed by atoms with Crippen LogP contribution in [0.15, 0.2) is 46.6 Å². The van der Waals surface area contributed by atoms with Gasteiger partial charge in [-0.15, -0.1) is 11.3 Å². The van der Waals surface area contributed by atoms with Gasteiger partial charge in [0.2, 0.25) is 0 Å². The second-order valence-corrected chi connectivity index (χ2v) is 7.36. The van der Waals surface area contributed by atoms with E-state index in [2.05, 4.69) is 22.6 Å². The van der Waals surface area contributed by atoms with Crippen molar-refractivity contribution >= 4 is 29.9 Å². The summed E-state index contributed by atoms with van der Waals surface area (Å²) in [6.07, 6.45) is 0.153. The van der Waals surface area contributed by atoms with E-state index in [9.17, 15) is 14.9 Å². The number of rotatable bonds is 6.